The maximum Gasteiger partial charge on any atom is 0.222 e. The predicted octanol–water partition coefficient (Wildman–Crippen LogP) is 0.187. The van der Waals surface area contributed by atoms with E-state index in [0.717, 1.165) is 37.2 Å². The zero-order valence-electron chi connectivity index (χ0n) is 12.8. The number of hydrogen-bond donors (Lipinski definition) is 1. The Morgan fingerprint density at radius 1 is 1.32 bits per heavy atom. The summed E-state index contributed by atoms with van der Waals surface area (Å²) in [6, 6.07) is 0. The molecule has 1 aromatic rings. The van der Waals surface area contributed by atoms with E-state index in [4.69, 9.17) is 10.5 Å². The van der Waals surface area contributed by atoms with Crippen LogP contribution in [0.15, 0.2) is 0 Å². The summed E-state index contributed by atoms with van der Waals surface area (Å²) in [5.74, 6) is 1.19. The van der Waals surface area contributed by atoms with Crippen LogP contribution in [-0.2, 0) is 27.4 Å². The Morgan fingerprint density at radius 2 is 2.09 bits per heavy atom. The molecular formula is C14H22N4O3S. The third-order valence-corrected chi connectivity index (χ3v) is 5.08. The first-order valence-electron chi connectivity index (χ1n) is 7.62. The molecule has 7 nitrogen and oxygen atoms in total. The number of hydrogen-bond acceptors (Lipinski definition) is 7. The quantitative estimate of drug-likeness (QED) is 0.846. The highest BCUT2D eigenvalue weighted by Crippen LogP contribution is 2.29. The molecule has 1 atom stereocenters. The zero-order chi connectivity index (χ0) is 15.7. The third-order valence-electron chi connectivity index (χ3n) is 4.11. The Balaban J connectivity index is 1.86. The monoisotopic (exact) mass is 326 g/mol. The number of nitrogens with two attached hydrogens (primary N) is 1. The van der Waals surface area contributed by atoms with Crippen molar-refractivity contribution in [2.24, 2.45) is 0 Å². The van der Waals surface area contributed by atoms with E-state index >= 15 is 0 Å². The molecule has 0 bridgehead atoms. The van der Waals surface area contributed by atoms with Crippen LogP contribution in [0.25, 0.3) is 0 Å². The second kappa shape index (κ2) is 6.00. The molecule has 22 heavy (non-hydrogen) atoms. The van der Waals surface area contributed by atoms with E-state index in [0.29, 0.717) is 25.6 Å². The van der Waals surface area contributed by atoms with E-state index in [2.05, 4.69) is 14.9 Å². The lowest BCUT2D eigenvalue weighted by atomic mass is 9.96. The van der Waals surface area contributed by atoms with E-state index in [9.17, 15) is 8.42 Å². The standard InChI is InChI=1S/C14H22N4O3S/c1-22(19,20)9-10-8-18(6-7-21-10)13-11-4-2-3-5-12(11)16-14(15)17-13/h10H,2-9H2,1H3,(H2,15,16,17). The number of nitrogens with zero attached hydrogens (tertiary/aromatic N) is 3. The number of nitrogen functional groups attached to an aromatic ring is 1. The molecule has 0 amide bonds. The van der Waals surface area contributed by atoms with Crippen LogP contribution in [0, 0.1) is 0 Å². The molecule has 2 aliphatic rings. The van der Waals surface area contributed by atoms with E-state index in [1.165, 1.54) is 11.8 Å². The van der Waals surface area contributed by atoms with Crippen LogP contribution in [-0.4, -0.2) is 56.2 Å². The number of anilines is 2. The van der Waals surface area contributed by atoms with Gasteiger partial charge in [-0.15, -0.1) is 0 Å². The van der Waals surface area contributed by atoms with Crippen molar-refractivity contribution in [3.05, 3.63) is 11.3 Å². The van der Waals surface area contributed by atoms with Crippen molar-refractivity contribution in [1.29, 1.82) is 0 Å². The first-order valence-corrected chi connectivity index (χ1v) is 9.68. The van der Waals surface area contributed by atoms with Crippen molar-refractivity contribution in [2.45, 2.75) is 31.8 Å². The van der Waals surface area contributed by atoms with Crippen LogP contribution in [0.4, 0.5) is 11.8 Å². The molecule has 1 aromatic heterocycles. The minimum absolute atomic E-state index is 0.0340. The lowest BCUT2D eigenvalue weighted by Crippen LogP contribution is -2.46. The molecule has 3 rings (SSSR count). The minimum Gasteiger partial charge on any atom is -0.373 e. The van der Waals surface area contributed by atoms with Crippen LogP contribution in [0.5, 0.6) is 0 Å². The summed E-state index contributed by atoms with van der Waals surface area (Å²) in [4.78, 5) is 10.9. The summed E-state index contributed by atoms with van der Waals surface area (Å²) in [5.41, 5.74) is 8.06. The lowest BCUT2D eigenvalue weighted by Gasteiger charge is -2.35. The molecule has 1 fully saturated rings. The number of sulfone groups is 1. The highest BCUT2D eigenvalue weighted by Gasteiger charge is 2.28. The molecular weight excluding hydrogens is 304 g/mol. The average Bonchev–Trinajstić information content (AvgIpc) is 2.45. The van der Waals surface area contributed by atoms with Crippen LogP contribution >= 0.6 is 0 Å². The molecule has 1 saturated heterocycles. The fraction of sp³-hybridized carbons (Fsp3) is 0.714. The molecule has 2 N–H and O–H groups in total. The van der Waals surface area contributed by atoms with Gasteiger partial charge in [-0.1, -0.05) is 0 Å². The van der Waals surface area contributed by atoms with Crippen LogP contribution in [0.1, 0.15) is 24.1 Å². The van der Waals surface area contributed by atoms with Crippen molar-refractivity contribution < 1.29 is 13.2 Å². The predicted molar refractivity (Wildman–Crippen MR) is 84.8 cm³/mol. The smallest absolute Gasteiger partial charge is 0.222 e. The Kier molecular flexibility index (Phi) is 4.22. The van der Waals surface area contributed by atoms with Crippen LogP contribution in [0.3, 0.4) is 0 Å². The SMILES string of the molecule is CS(=O)(=O)CC1CN(c2nc(N)nc3c2CCCC3)CCO1. The van der Waals surface area contributed by atoms with Gasteiger partial charge in [0.25, 0.3) is 0 Å². The number of rotatable bonds is 3. The fourth-order valence-electron chi connectivity index (χ4n) is 3.20. The number of morpholine rings is 1. The van der Waals surface area contributed by atoms with Crippen molar-refractivity contribution in [1.82, 2.24) is 9.97 Å². The highest BCUT2D eigenvalue weighted by molar-refractivity contribution is 7.90. The molecule has 1 unspecified atom stereocenters. The molecule has 0 saturated carbocycles. The van der Waals surface area contributed by atoms with E-state index in [1.54, 1.807) is 0 Å². The fourth-order valence-corrected chi connectivity index (χ4v) is 4.08. The van der Waals surface area contributed by atoms with Gasteiger partial charge in [-0.2, -0.15) is 4.98 Å². The van der Waals surface area contributed by atoms with Crippen molar-refractivity contribution in [3.8, 4) is 0 Å². The summed E-state index contributed by atoms with van der Waals surface area (Å²) in [7, 11) is -3.06. The second-order valence-corrected chi connectivity index (χ2v) is 8.25. The summed E-state index contributed by atoms with van der Waals surface area (Å²) >= 11 is 0. The number of aromatic nitrogens is 2. The summed E-state index contributed by atoms with van der Waals surface area (Å²) in [5, 5.41) is 0. The Hall–Kier alpha value is -1.41. The maximum absolute atomic E-state index is 11.5. The zero-order valence-corrected chi connectivity index (χ0v) is 13.6. The van der Waals surface area contributed by atoms with Gasteiger partial charge in [0.1, 0.15) is 15.7 Å². The molecule has 8 heteroatoms. The van der Waals surface area contributed by atoms with Gasteiger partial charge in [0, 0.05) is 24.9 Å². The lowest BCUT2D eigenvalue weighted by molar-refractivity contribution is 0.0549. The van der Waals surface area contributed by atoms with Crippen LogP contribution < -0.4 is 10.6 Å². The van der Waals surface area contributed by atoms with Gasteiger partial charge in [0.2, 0.25) is 5.95 Å². The average molecular weight is 326 g/mol. The first kappa shape index (κ1) is 15.5. The van der Waals surface area contributed by atoms with Gasteiger partial charge in [0.15, 0.2) is 0 Å². The van der Waals surface area contributed by atoms with E-state index in [-0.39, 0.29) is 11.9 Å². The first-order chi connectivity index (χ1) is 10.4. The Morgan fingerprint density at radius 3 is 2.86 bits per heavy atom. The van der Waals surface area contributed by atoms with Crippen LogP contribution in [0.2, 0.25) is 0 Å². The summed E-state index contributed by atoms with van der Waals surface area (Å²) in [6.45, 7) is 1.72. The molecule has 2 heterocycles. The molecule has 0 radical (unpaired) electrons. The summed E-state index contributed by atoms with van der Waals surface area (Å²) in [6.07, 6.45) is 5.07. The summed E-state index contributed by atoms with van der Waals surface area (Å²) < 4.78 is 28.6. The number of aryl methyl sites for hydroxylation is 1. The van der Waals surface area contributed by atoms with Gasteiger partial charge < -0.3 is 15.4 Å². The van der Waals surface area contributed by atoms with Gasteiger partial charge in [-0.3, -0.25) is 0 Å². The number of fused-ring (bicyclic) bond motifs is 1. The molecule has 0 spiro atoms. The van der Waals surface area contributed by atoms with Crippen molar-refractivity contribution >= 4 is 21.6 Å². The minimum atomic E-state index is -3.06. The van der Waals surface area contributed by atoms with Gasteiger partial charge in [0.05, 0.1) is 24.2 Å². The van der Waals surface area contributed by atoms with Gasteiger partial charge in [-0.05, 0) is 25.7 Å². The Bertz CT molecular complexity index is 662. The Labute approximate surface area is 130 Å². The van der Waals surface area contributed by atoms with Crippen molar-refractivity contribution in [2.75, 3.05) is 42.3 Å². The molecule has 1 aliphatic carbocycles. The normalized spacial score (nSPS) is 22.4. The second-order valence-electron chi connectivity index (χ2n) is 6.07. The van der Waals surface area contributed by atoms with E-state index < -0.39 is 9.84 Å². The van der Waals surface area contributed by atoms with E-state index in [1.807, 2.05) is 0 Å². The van der Waals surface area contributed by atoms with Gasteiger partial charge >= 0.3 is 0 Å². The number of ether oxygens (including phenoxy) is 1. The topological polar surface area (TPSA) is 98.4 Å². The third kappa shape index (κ3) is 3.49. The molecule has 1 aliphatic heterocycles. The molecule has 122 valence electrons. The maximum atomic E-state index is 11.5. The highest BCUT2D eigenvalue weighted by atomic mass is 32.2. The largest absolute Gasteiger partial charge is 0.373 e. The molecule has 0 aromatic carbocycles. The van der Waals surface area contributed by atoms with Crippen molar-refractivity contribution in [3.63, 3.8) is 0 Å². The van der Waals surface area contributed by atoms with Gasteiger partial charge in [-0.25, -0.2) is 13.4 Å².